The van der Waals surface area contributed by atoms with E-state index in [-0.39, 0.29) is 23.7 Å². The second-order valence-electron chi connectivity index (χ2n) is 6.59. The zero-order chi connectivity index (χ0) is 17.3. The summed E-state index contributed by atoms with van der Waals surface area (Å²) in [5, 5.41) is 7.75. The van der Waals surface area contributed by atoms with Crippen LogP contribution in [0.4, 0.5) is 4.39 Å². The van der Waals surface area contributed by atoms with Crippen LogP contribution in [-0.4, -0.2) is 46.3 Å². The minimum atomic E-state index is -0.289. The van der Waals surface area contributed by atoms with Crippen molar-refractivity contribution < 1.29 is 9.18 Å². The van der Waals surface area contributed by atoms with Crippen molar-refractivity contribution in [2.45, 2.75) is 32.7 Å². The quantitative estimate of drug-likeness (QED) is 0.941. The number of piperazine rings is 1. The first kappa shape index (κ1) is 16.6. The molecule has 24 heavy (non-hydrogen) atoms. The molecule has 3 rings (SSSR count). The number of carbonyl (C=O) groups excluding carboxylic acids is 1. The highest BCUT2D eigenvalue weighted by atomic mass is 19.1. The zero-order valence-corrected chi connectivity index (χ0v) is 14.3. The largest absolute Gasteiger partial charge is 0.336 e. The third-order valence-corrected chi connectivity index (χ3v) is 4.31. The number of rotatable bonds is 3. The van der Waals surface area contributed by atoms with Crippen LogP contribution in [0.15, 0.2) is 30.5 Å². The maximum absolute atomic E-state index is 13.2. The molecule has 1 N–H and O–H groups in total. The van der Waals surface area contributed by atoms with Crippen LogP contribution < -0.4 is 5.32 Å². The molecule has 1 atom stereocenters. The lowest BCUT2D eigenvalue weighted by molar-refractivity contribution is 0.0707. The fraction of sp³-hybridized carbons (Fsp3) is 0.444. The summed E-state index contributed by atoms with van der Waals surface area (Å²) < 4.78 is 14.9. The average molecular weight is 330 g/mol. The van der Waals surface area contributed by atoms with E-state index in [4.69, 9.17) is 0 Å². The normalized spacial score (nSPS) is 18.2. The molecule has 2 heterocycles. The third kappa shape index (κ3) is 3.19. The van der Waals surface area contributed by atoms with E-state index in [1.54, 1.807) is 23.0 Å². The molecular formula is C18H23FN4O. The van der Waals surface area contributed by atoms with Crippen molar-refractivity contribution in [1.82, 2.24) is 20.0 Å². The maximum atomic E-state index is 13.2. The van der Waals surface area contributed by atoms with E-state index in [0.717, 1.165) is 17.9 Å². The highest BCUT2D eigenvalue weighted by molar-refractivity contribution is 5.95. The van der Waals surface area contributed by atoms with E-state index in [0.29, 0.717) is 18.7 Å². The number of hydrogen-bond acceptors (Lipinski definition) is 3. The van der Waals surface area contributed by atoms with Crippen molar-refractivity contribution in [2.24, 2.45) is 0 Å². The van der Waals surface area contributed by atoms with Gasteiger partial charge in [0.2, 0.25) is 0 Å². The first-order valence-electron chi connectivity index (χ1n) is 8.34. The molecule has 1 aliphatic heterocycles. The van der Waals surface area contributed by atoms with Crippen molar-refractivity contribution in [3.05, 3.63) is 47.5 Å². The van der Waals surface area contributed by atoms with Crippen molar-refractivity contribution >= 4 is 5.91 Å². The lowest BCUT2D eigenvalue weighted by atomic mass is 10.0. The Labute approximate surface area is 141 Å². The Morgan fingerprint density at radius 2 is 2.04 bits per heavy atom. The number of aromatic nitrogens is 2. The number of amides is 1. The van der Waals surface area contributed by atoms with Gasteiger partial charge in [-0.2, -0.15) is 5.10 Å². The van der Waals surface area contributed by atoms with Crippen molar-refractivity contribution in [2.75, 3.05) is 19.6 Å². The number of benzene rings is 1. The zero-order valence-electron chi connectivity index (χ0n) is 14.3. The minimum absolute atomic E-state index is 0.0143. The molecule has 6 heteroatoms. The lowest BCUT2D eigenvalue weighted by Crippen LogP contribution is -2.51. The predicted octanol–water partition coefficient (Wildman–Crippen LogP) is 2.57. The molecule has 1 aromatic carbocycles. The van der Waals surface area contributed by atoms with Gasteiger partial charge in [0, 0.05) is 25.7 Å². The number of nitrogens with zero attached hydrogens (tertiary/aromatic N) is 3. The topological polar surface area (TPSA) is 50.2 Å². The molecule has 1 unspecified atom stereocenters. The molecular weight excluding hydrogens is 307 g/mol. The van der Waals surface area contributed by atoms with Crippen LogP contribution in [0, 0.1) is 5.82 Å². The smallest absolute Gasteiger partial charge is 0.257 e. The first-order chi connectivity index (χ1) is 11.5. The van der Waals surface area contributed by atoms with Gasteiger partial charge in [0.1, 0.15) is 5.82 Å². The van der Waals surface area contributed by atoms with Gasteiger partial charge >= 0.3 is 0 Å². The second kappa shape index (κ2) is 6.73. The fourth-order valence-corrected chi connectivity index (χ4v) is 3.15. The molecule has 1 aliphatic rings. The molecule has 1 amide bonds. The van der Waals surface area contributed by atoms with Gasteiger partial charge in [0.05, 0.1) is 23.1 Å². The van der Waals surface area contributed by atoms with Gasteiger partial charge in [-0.15, -0.1) is 0 Å². The molecule has 0 radical (unpaired) electrons. The second-order valence-corrected chi connectivity index (χ2v) is 6.59. The molecule has 2 aromatic rings. The third-order valence-electron chi connectivity index (χ3n) is 4.31. The van der Waals surface area contributed by atoms with Crippen LogP contribution in [0.3, 0.4) is 0 Å². The molecule has 0 bridgehead atoms. The van der Waals surface area contributed by atoms with E-state index in [2.05, 4.69) is 17.3 Å². The Kier molecular flexibility index (Phi) is 4.66. The van der Waals surface area contributed by atoms with Crippen molar-refractivity contribution in [3.8, 4) is 5.69 Å². The SMILES string of the molecule is CC1CN(C(=O)c2cnn(-c3ccc(F)cc3)c2C(C)C)CCN1. The Morgan fingerprint density at radius 1 is 1.33 bits per heavy atom. The Morgan fingerprint density at radius 3 is 2.67 bits per heavy atom. The monoisotopic (exact) mass is 330 g/mol. The summed E-state index contributed by atoms with van der Waals surface area (Å²) >= 11 is 0. The summed E-state index contributed by atoms with van der Waals surface area (Å²) in [6.07, 6.45) is 1.63. The van der Waals surface area contributed by atoms with Gasteiger partial charge in [-0.1, -0.05) is 13.8 Å². The van der Waals surface area contributed by atoms with Gasteiger partial charge in [0.25, 0.3) is 5.91 Å². The number of nitrogens with one attached hydrogen (secondary N) is 1. The molecule has 0 spiro atoms. The van der Waals surface area contributed by atoms with Crippen LogP contribution in [-0.2, 0) is 0 Å². The summed E-state index contributed by atoms with van der Waals surface area (Å²) in [5.41, 5.74) is 2.24. The highest BCUT2D eigenvalue weighted by Gasteiger charge is 2.27. The van der Waals surface area contributed by atoms with Crippen LogP contribution >= 0.6 is 0 Å². The van der Waals surface area contributed by atoms with E-state index in [1.165, 1.54) is 12.1 Å². The molecule has 1 aromatic heterocycles. The molecule has 1 saturated heterocycles. The van der Waals surface area contributed by atoms with E-state index >= 15 is 0 Å². The molecule has 5 nitrogen and oxygen atoms in total. The fourth-order valence-electron chi connectivity index (χ4n) is 3.15. The number of halogens is 1. The summed E-state index contributed by atoms with van der Waals surface area (Å²) in [5.74, 6) is -0.152. The molecule has 128 valence electrons. The van der Waals surface area contributed by atoms with Gasteiger partial charge in [-0.3, -0.25) is 4.79 Å². The Bertz CT molecular complexity index is 723. The van der Waals surface area contributed by atoms with Crippen molar-refractivity contribution in [1.29, 1.82) is 0 Å². The van der Waals surface area contributed by atoms with Gasteiger partial charge in [-0.25, -0.2) is 9.07 Å². The van der Waals surface area contributed by atoms with E-state index in [9.17, 15) is 9.18 Å². The van der Waals surface area contributed by atoms with E-state index in [1.807, 2.05) is 18.7 Å². The van der Waals surface area contributed by atoms with Crippen LogP contribution in [0.25, 0.3) is 5.69 Å². The standard InChI is InChI=1S/C18H23FN4O/c1-12(2)17-16(18(24)22-9-8-20-13(3)11-22)10-21-23(17)15-6-4-14(19)5-7-15/h4-7,10,12-13,20H,8-9,11H2,1-3H3. The van der Waals surface area contributed by atoms with Gasteiger partial charge in [0.15, 0.2) is 0 Å². The Balaban J connectivity index is 1.97. The molecule has 0 saturated carbocycles. The number of carbonyl (C=O) groups is 1. The molecule has 0 aliphatic carbocycles. The van der Waals surface area contributed by atoms with Crippen LogP contribution in [0.1, 0.15) is 42.7 Å². The summed E-state index contributed by atoms with van der Waals surface area (Å²) in [6, 6.07) is 6.45. The van der Waals surface area contributed by atoms with E-state index < -0.39 is 0 Å². The van der Waals surface area contributed by atoms with Gasteiger partial charge < -0.3 is 10.2 Å². The molecule has 1 fully saturated rings. The average Bonchev–Trinajstić information content (AvgIpc) is 3.00. The van der Waals surface area contributed by atoms with Crippen LogP contribution in [0.2, 0.25) is 0 Å². The highest BCUT2D eigenvalue weighted by Crippen LogP contribution is 2.24. The predicted molar refractivity (Wildman–Crippen MR) is 91.0 cm³/mol. The maximum Gasteiger partial charge on any atom is 0.257 e. The minimum Gasteiger partial charge on any atom is -0.336 e. The van der Waals surface area contributed by atoms with Crippen molar-refractivity contribution in [3.63, 3.8) is 0 Å². The summed E-state index contributed by atoms with van der Waals surface area (Å²) in [4.78, 5) is 14.8. The van der Waals surface area contributed by atoms with Crippen LogP contribution in [0.5, 0.6) is 0 Å². The summed E-state index contributed by atoms with van der Waals surface area (Å²) in [6.45, 7) is 8.34. The first-order valence-corrected chi connectivity index (χ1v) is 8.34. The van der Waals surface area contributed by atoms with Gasteiger partial charge in [-0.05, 0) is 37.1 Å². The lowest BCUT2D eigenvalue weighted by Gasteiger charge is -2.32. The number of hydrogen-bond donors (Lipinski definition) is 1. The summed E-state index contributed by atoms with van der Waals surface area (Å²) in [7, 11) is 0. The Hall–Kier alpha value is -2.21.